The highest BCUT2D eigenvalue weighted by molar-refractivity contribution is 6.45. The Bertz CT molecular complexity index is 601. The van der Waals surface area contributed by atoms with Gasteiger partial charge in [-0.1, -0.05) is 11.6 Å². The maximum Gasteiger partial charge on any atom is 0.230 e. The van der Waals surface area contributed by atoms with Crippen LogP contribution in [0.5, 0.6) is 0 Å². The molecule has 0 unspecified atom stereocenters. The van der Waals surface area contributed by atoms with Crippen molar-refractivity contribution in [1.29, 1.82) is 0 Å². The molecule has 0 radical (unpaired) electrons. The topological polar surface area (TPSA) is 62.8 Å². The first-order valence-electron chi connectivity index (χ1n) is 4.70. The maximum atomic E-state index is 11.7. The molecule has 0 atom stereocenters. The van der Waals surface area contributed by atoms with E-state index in [-0.39, 0.29) is 0 Å². The van der Waals surface area contributed by atoms with Crippen LogP contribution >= 0.6 is 11.6 Å². The quantitative estimate of drug-likeness (QED) is 0.494. The van der Waals surface area contributed by atoms with Crippen molar-refractivity contribution in [2.75, 3.05) is 0 Å². The predicted octanol–water partition coefficient (Wildman–Crippen LogP) is 2.30. The molecule has 4 nitrogen and oxygen atoms in total. The van der Waals surface area contributed by atoms with E-state index in [0.29, 0.717) is 21.6 Å². The van der Waals surface area contributed by atoms with Crippen LogP contribution in [0, 0.1) is 6.92 Å². The fourth-order valence-electron chi connectivity index (χ4n) is 1.65. The van der Waals surface area contributed by atoms with Gasteiger partial charge in [0.1, 0.15) is 0 Å². The molecular formula is C11H9ClN2O2. The zero-order chi connectivity index (χ0) is 11.9. The van der Waals surface area contributed by atoms with Gasteiger partial charge in [0.15, 0.2) is 10.9 Å². The van der Waals surface area contributed by atoms with Gasteiger partial charge in [0, 0.05) is 24.7 Å². The molecule has 1 N–H and O–H groups in total. The minimum absolute atomic E-state index is 0.295. The van der Waals surface area contributed by atoms with E-state index in [4.69, 9.17) is 11.6 Å². The normalized spacial score (nSPS) is 10.7. The highest BCUT2D eigenvalue weighted by Gasteiger charge is 2.18. The highest BCUT2D eigenvalue weighted by atomic mass is 35.5. The second-order valence-electron chi connectivity index (χ2n) is 3.57. The third-order valence-electron chi connectivity index (χ3n) is 2.42. The molecule has 0 aliphatic rings. The Balaban J connectivity index is 2.78. The molecule has 0 saturated heterocycles. The van der Waals surface area contributed by atoms with E-state index in [1.54, 1.807) is 6.20 Å². The second-order valence-corrected chi connectivity index (χ2v) is 3.93. The minimum atomic E-state index is -0.517. The summed E-state index contributed by atoms with van der Waals surface area (Å²) in [7, 11) is 0. The standard InChI is InChI=1S/C11H9ClN2O2/c1-5-3-14-11(12)9-8(5)7(4-13-9)10(16)6(2)15/h3-4,13H,1-2H3. The summed E-state index contributed by atoms with van der Waals surface area (Å²) in [5.74, 6) is -1.01. The molecular weight excluding hydrogens is 228 g/mol. The summed E-state index contributed by atoms with van der Waals surface area (Å²) in [4.78, 5) is 29.5. The third-order valence-corrected chi connectivity index (χ3v) is 2.70. The number of hydrogen-bond donors (Lipinski definition) is 1. The van der Waals surface area contributed by atoms with Crippen LogP contribution in [0.15, 0.2) is 12.4 Å². The van der Waals surface area contributed by atoms with Crippen molar-refractivity contribution in [2.24, 2.45) is 0 Å². The van der Waals surface area contributed by atoms with Gasteiger partial charge in [-0.25, -0.2) is 4.98 Å². The number of aromatic nitrogens is 2. The van der Waals surface area contributed by atoms with E-state index in [1.165, 1.54) is 13.1 Å². The lowest BCUT2D eigenvalue weighted by atomic mass is 10.1. The van der Waals surface area contributed by atoms with Crippen LogP contribution < -0.4 is 0 Å². The number of fused-ring (bicyclic) bond motifs is 1. The Morgan fingerprint density at radius 1 is 1.44 bits per heavy atom. The van der Waals surface area contributed by atoms with Crippen molar-refractivity contribution in [1.82, 2.24) is 9.97 Å². The Morgan fingerprint density at radius 2 is 2.12 bits per heavy atom. The molecule has 2 heterocycles. The number of nitrogens with zero attached hydrogens (tertiary/aromatic N) is 1. The largest absolute Gasteiger partial charge is 0.358 e. The van der Waals surface area contributed by atoms with Crippen molar-refractivity contribution in [3.05, 3.63) is 28.7 Å². The van der Waals surface area contributed by atoms with Crippen molar-refractivity contribution in [3.63, 3.8) is 0 Å². The highest BCUT2D eigenvalue weighted by Crippen LogP contribution is 2.26. The van der Waals surface area contributed by atoms with Crippen LogP contribution in [0.1, 0.15) is 22.8 Å². The Hall–Kier alpha value is -1.68. The van der Waals surface area contributed by atoms with Crippen LogP contribution in [-0.4, -0.2) is 21.5 Å². The van der Waals surface area contributed by atoms with Crippen molar-refractivity contribution in [2.45, 2.75) is 13.8 Å². The Morgan fingerprint density at radius 3 is 2.75 bits per heavy atom. The van der Waals surface area contributed by atoms with Gasteiger partial charge >= 0.3 is 0 Å². The number of nitrogens with one attached hydrogen (secondary N) is 1. The lowest BCUT2D eigenvalue weighted by molar-refractivity contribution is -0.113. The third kappa shape index (κ3) is 1.51. The molecule has 0 amide bonds. The number of halogens is 1. The van der Waals surface area contributed by atoms with Crippen LogP contribution in [0.2, 0.25) is 5.15 Å². The molecule has 0 aliphatic carbocycles. The van der Waals surface area contributed by atoms with E-state index in [2.05, 4.69) is 9.97 Å². The van der Waals surface area contributed by atoms with Crippen LogP contribution in [0.3, 0.4) is 0 Å². The average molecular weight is 237 g/mol. The van der Waals surface area contributed by atoms with E-state index >= 15 is 0 Å². The summed E-state index contributed by atoms with van der Waals surface area (Å²) in [6.07, 6.45) is 3.07. The number of rotatable bonds is 2. The summed E-state index contributed by atoms with van der Waals surface area (Å²) in [5, 5.41) is 0.961. The van der Waals surface area contributed by atoms with Gasteiger partial charge < -0.3 is 4.98 Å². The summed E-state index contributed by atoms with van der Waals surface area (Å²) in [5.41, 5.74) is 1.75. The molecule has 2 aromatic rings. The monoisotopic (exact) mass is 236 g/mol. The molecule has 0 saturated carbocycles. The zero-order valence-corrected chi connectivity index (χ0v) is 9.55. The zero-order valence-electron chi connectivity index (χ0n) is 8.80. The van der Waals surface area contributed by atoms with E-state index in [1.807, 2.05) is 6.92 Å². The number of aromatic amines is 1. The summed E-state index contributed by atoms with van der Waals surface area (Å²) in [6.45, 7) is 3.07. The molecule has 0 fully saturated rings. The maximum absolute atomic E-state index is 11.7. The first-order chi connectivity index (χ1) is 7.52. The van der Waals surface area contributed by atoms with Crippen molar-refractivity contribution in [3.8, 4) is 0 Å². The number of pyridine rings is 1. The van der Waals surface area contributed by atoms with Crippen molar-refractivity contribution < 1.29 is 9.59 Å². The molecule has 82 valence electrons. The van der Waals surface area contributed by atoms with Crippen LogP contribution in [0.25, 0.3) is 10.9 Å². The first-order valence-corrected chi connectivity index (χ1v) is 5.07. The van der Waals surface area contributed by atoms with Gasteiger partial charge in [0.25, 0.3) is 0 Å². The molecule has 0 bridgehead atoms. The van der Waals surface area contributed by atoms with Crippen molar-refractivity contribution >= 4 is 34.1 Å². The number of carbonyl (C=O) groups is 2. The van der Waals surface area contributed by atoms with Gasteiger partial charge in [0.2, 0.25) is 5.78 Å². The number of hydrogen-bond acceptors (Lipinski definition) is 3. The molecule has 0 spiro atoms. The lowest BCUT2D eigenvalue weighted by Gasteiger charge is -2.00. The molecule has 5 heteroatoms. The second kappa shape index (κ2) is 3.72. The van der Waals surface area contributed by atoms with Gasteiger partial charge in [-0.05, 0) is 12.5 Å². The number of ketones is 2. The van der Waals surface area contributed by atoms with Crippen LogP contribution in [-0.2, 0) is 4.79 Å². The van der Waals surface area contributed by atoms with E-state index < -0.39 is 11.6 Å². The summed E-state index contributed by atoms with van der Waals surface area (Å²) in [6, 6.07) is 0. The number of Topliss-reactive ketones (excluding diaryl/α,β-unsaturated/α-hetero) is 2. The predicted molar refractivity (Wildman–Crippen MR) is 60.9 cm³/mol. The molecule has 0 aliphatic heterocycles. The lowest BCUT2D eigenvalue weighted by Crippen LogP contribution is -2.09. The smallest absolute Gasteiger partial charge is 0.230 e. The minimum Gasteiger partial charge on any atom is -0.358 e. The van der Waals surface area contributed by atoms with E-state index in [0.717, 1.165) is 5.56 Å². The Kier molecular flexibility index (Phi) is 2.52. The average Bonchev–Trinajstić information content (AvgIpc) is 2.67. The molecule has 2 rings (SSSR count). The van der Waals surface area contributed by atoms with Crippen LogP contribution in [0.4, 0.5) is 0 Å². The SMILES string of the molecule is CC(=O)C(=O)c1c[nH]c2c(Cl)ncc(C)c12. The molecule has 16 heavy (non-hydrogen) atoms. The van der Waals surface area contributed by atoms with Gasteiger partial charge in [-0.3, -0.25) is 9.59 Å². The molecule has 0 aromatic carbocycles. The number of carbonyl (C=O) groups excluding carboxylic acids is 2. The van der Waals surface area contributed by atoms with Gasteiger partial charge in [-0.2, -0.15) is 0 Å². The van der Waals surface area contributed by atoms with E-state index in [9.17, 15) is 9.59 Å². The van der Waals surface area contributed by atoms with Gasteiger partial charge in [0.05, 0.1) is 11.1 Å². The summed E-state index contributed by atoms with van der Waals surface area (Å²) < 4.78 is 0. The number of H-pyrrole nitrogens is 1. The van der Waals surface area contributed by atoms with Gasteiger partial charge in [-0.15, -0.1) is 0 Å². The fourth-order valence-corrected chi connectivity index (χ4v) is 1.84. The summed E-state index contributed by atoms with van der Waals surface area (Å²) >= 11 is 5.89. The fraction of sp³-hybridized carbons (Fsp3) is 0.182. The Labute approximate surface area is 96.6 Å². The first kappa shape index (κ1) is 10.8. The molecule has 2 aromatic heterocycles. The number of aryl methyl sites for hydroxylation is 1.